The van der Waals surface area contributed by atoms with E-state index in [1.165, 1.54) is 0 Å². The Morgan fingerprint density at radius 1 is 1.20 bits per heavy atom. The van der Waals surface area contributed by atoms with Crippen molar-refractivity contribution in [3.63, 3.8) is 0 Å². The van der Waals surface area contributed by atoms with Crippen molar-refractivity contribution in [2.75, 3.05) is 39.0 Å². The van der Waals surface area contributed by atoms with Crippen molar-refractivity contribution in [3.8, 4) is 0 Å². The van der Waals surface area contributed by atoms with Gasteiger partial charge in [0.2, 0.25) is 5.91 Å². The number of rotatable bonds is 7. The van der Waals surface area contributed by atoms with Crippen LogP contribution in [-0.2, 0) is 4.79 Å². The van der Waals surface area contributed by atoms with Crippen molar-refractivity contribution in [1.82, 2.24) is 10.2 Å². The largest absolute Gasteiger partial charge is 0.322 e. The van der Waals surface area contributed by atoms with E-state index in [9.17, 15) is 18.0 Å². The number of anilines is 1. The smallest absolute Gasteiger partial charge is 0.238 e. The molecule has 0 bridgehead atoms. The van der Waals surface area contributed by atoms with Crippen LogP contribution in [0.3, 0.4) is 0 Å². The third-order valence-corrected chi connectivity index (χ3v) is 2.55. The van der Waals surface area contributed by atoms with Gasteiger partial charge >= 0.3 is 0 Å². The van der Waals surface area contributed by atoms with Crippen molar-refractivity contribution < 1.29 is 18.0 Å². The van der Waals surface area contributed by atoms with Gasteiger partial charge in [-0.25, -0.2) is 13.2 Å². The molecular weight excluding hydrogens is 271 g/mol. The Hall–Kier alpha value is -1.60. The molecule has 0 unspecified atom stereocenters. The second kappa shape index (κ2) is 7.86. The standard InChI is InChI=1S/C13H18F3N3O/c1-19(2)7-3-6-17-8-11(20)18-10-5-4-9(14)12(15)13(10)16/h4-5,17H,3,6-8H2,1-2H3,(H,18,20). The molecule has 0 aliphatic rings. The van der Waals surface area contributed by atoms with Crippen LogP contribution >= 0.6 is 0 Å². The number of nitrogens with zero attached hydrogens (tertiary/aromatic N) is 1. The minimum absolute atomic E-state index is 0.0220. The number of carbonyl (C=O) groups is 1. The Morgan fingerprint density at radius 2 is 1.90 bits per heavy atom. The highest BCUT2D eigenvalue weighted by molar-refractivity contribution is 5.92. The number of hydrogen-bond donors (Lipinski definition) is 2. The topological polar surface area (TPSA) is 44.4 Å². The zero-order chi connectivity index (χ0) is 15.1. The maximum Gasteiger partial charge on any atom is 0.238 e. The molecule has 20 heavy (non-hydrogen) atoms. The highest BCUT2D eigenvalue weighted by Gasteiger charge is 2.14. The van der Waals surface area contributed by atoms with Gasteiger partial charge in [0.1, 0.15) is 0 Å². The summed E-state index contributed by atoms with van der Waals surface area (Å²) in [5, 5.41) is 5.06. The van der Waals surface area contributed by atoms with Gasteiger partial charge in [0.05, 0.1) is 12.2 Å². The van der Waals surface area contributed by atoms with E-state index in [1.54, 1.807) is 0 Å². The summed E-state index contributed by atoms with van der Waals surface area (Å²) >= 11 is 0. The molecule has 1 aromatic rings. The van der Waals surface area contributed by atoms with Gasteiger partial charge in [-0.1, -0.05) is 0 Å². The molecule has 7 heteroatoms. The summed E-state index contributed by atoms with van der Waals surface area (Å²) in [5.74, 6) is -4.80. The zero-order valence-corrected chi connectivity index (χ0v) is 11.5. The minimum Gasteiger partial charge on any atom is -0.322 e. The van der Waals surface area contributed by atoms with E-state index in [0.717, 1.165) is 25.1 Å². The molecule has 0 aromatic heterocycles. The molecule has 0 radical (unpaired) electrons. The van der Waals surface area contributed by atoms with Crippen LogP contribution in [0.25, 0.3) is 0 Å². The number of amides is 1. The number of hydrogen-bond acceptors (Lipinski definition) is 3. The Bertz CT molecular complexity index is 466. The molecule has 2 N–H and O–H groups in total. The minimum atomic E-state index is -1.60. The molecule has 0 atom stereocenters. The molecular formula is C13H18F3N3O. The lowest BCUT2D eigenvalue weighted by molar-refractivity contribution is -0.115. The summed E-state index contributed by atoms with van der Waals surface area (Å²) in [4.78, 5) is 13.5. The third-order valence-electron chi connectivity index (χ3n) is 2.55. The van der Waals surface area contributed by atoms with E-state index in [0.29, 0.717) is 6.54 Å². The van der Waals surface area contributed by atoms with Gasteiger partial charge in [0, 0.05) is 0 Å². The van der Waals surface area contributed by atoms with Crippen molar-refractivity contribution in [2.24, 2.45) is 0 Å². The highest BCUT2D eigenvalue weighted by atomic mass is 19.2. The lowest BCUT2D eigenvalue weighted by Gasteiger charge is -2.10. The van der Waals surface area contributed by atoms with Crippen molar-refractivity contribution in [1.29, 1.82) is 0 Å². The average molecular weight is 289 g/mol. The first-order valence-corrected chi connectivity index (χ1v) is 6.20. The molecule has 4 nitrogen and oxygen atoms in total. The first kappa shape index (κ1) is 16.5. The highest BCUT2D eigenvalue weighted by Crippen LogP contribution is 2.19. The van der Waals surface area contributed by atoms with Crippen LogP contribution in [0.4, 0.5) is 18.9 Å². The summed E-state index contributed by atoms with van der Waals surface area (Å²) in [6.45, 7) is 1.49. The second-order valence-corrected chi connectivity index (χ2v) is 4.60. The quantitative estimate of drug-likeness (QED) is 0.592. The van der Waals surface area contributed by atoms with E-state index in [-0.39, 0.29) is 12.2 Å². The molecule has 0 fully saturated rings. The number of carbonyl (C=O) groups excluding carboxylic acids is 1. The molecule has 0 spiro atoms. The third kappa shape index (κ3) is 5.18. The normalized spacial score (nSPS) is 10.9. The average Bonchev–Trinajstić information content (AvgIpc) is 2.39. The number of benzene rings is 1. The molecule has 0 aliphatic carbocycles. The van der Waals surface area contributed by atoms with Crippen LogP contribution in [0.5, 0.6) is 0 Å². The number of nitrogens with one attached hydrogen (secondary N) is 2. The predicted molar refractivity (Wildman–Crippen MR) is 71.0 cm³/mol. The van der Waals surface area contributed by atoms with Gasteiger partial charge in [-0.2, -0.15) is 0 Å². The fraction of sp³-hybridized carbons (Fsp3) is 0.462. The van der Waals surface area contributed by atoms with Crippen LogP contribution < -0.4 is 10.6 Å². The van der Waals surface area contributed by atoms with Gasteiger partial charge in [-0.15, -0.1) is 0 Å². The summed E-state index contributed by atoms with van der Waals surface area (Å²) < 4.78 is 39.0. The van der Waals surface area contributed by atoms with Crippen molar-refractivity contribution >= 4 is 11.6 Å². The molecule has 0 aliphatic heterocycles. The Morgan fingerprint density at radius 3 is 2.55 bits per heavy atom. The Balaban J connectivity index is 2.38. The molecule has 1 rings (SSSR count). The van der Waals surface area contributed by atoms with Crippen LogP contribution in [0, 0.1) is 17.5 Å². The maximum atomic E-state index is 13.3. The first-order chi connectivity index (χ1) is 9.41. The van der Waals surface area contributed by atoms with Crippen molar-refractivity contribution in [2.45, 2.75) is 6.42 Å². The van der Waals surface area contributed by atoms with Crippen LogP contribution in [-0.4, -0.2) is 44.5 Å². The molecule has 0 saturated heterocycles. The van der Waals surface area contributed by atoms with Crippen LogP contribution in [0.1, 0.15) is 6.42 Å². The summed E-state index contributed by atoms with van der Waals surface area (Å²) in [7, 11) is 3.89. The second-order valence-electron chi connectivity index (χ2n) is 4.60. The molecule has 112 valence electrons. The molecule has 0 heterocycles. The SMILES string of the molecule is CN(C)CCCNCC(=O)Nc1ccc(F)c(F)c1F. The van der Waals surface area contributed by atoms with Gasteiger partial charge < -0.3 is 15.5 Å². The van der Waals surface area contributed by atoms with Gasteiger partial charge in [0.25, 0.3) is 0 Å². The Kier molecular flexibility index (Phi) is 6.47. The monoisotopic (exact) mass is 289 g/mol. The summed E-state index contributed by atoms with van der Waals surface area (Å²) in [6.07, 6.45) is 0.861. The van der Waals surface area contributed by atoms with Gasteiger partial charge in [-0.3, -0.25) is 4.79 Å². The van der Waals surface area contributed by atoms with Gasteiger partial charge in [-0.05, 0) is 45.7 Å². The van der Waals surface area contributed by atoms with E-state index in [1.807, 2.05) is 19.0 Å². The van der Waals surface area contributed by atoms with E-state index in [2.05, 4.69) is 10.6 Å². The lowest BCUT2D eigenvalue weighted by Crippen LogP contribution is -2.30. The summed E-state index contributed by atoms with van der Waals surface area (Å²) in [5.41, 5.74) is -0.371. The number of halogens is 3. The zero-order valence-electron chi connectivity index (χ0n) is 11.5. The molecule has 0 saturated carbocycles. The maximum absolute atomic E-state index is 13.3. The lowest BCUT2D eigenvalue weighted by atomic mass is 10.2. The fourth-order valence-electron chi connectivity index (χ4n) is 1.54. The molecule has 1 amide bonds. The van der Waals surface area contributed by atoms with Crippen LogP contribution in [0.15, 0.2) is 12.1 Å². The van der Waals surface area contributed by atoms with E-state index >= 15 is 0 Å². The van der Waals surface area contributed by atoms with E-state index in [4.69, 9.17) is 0 Å². The Labute approximate surface area is 116 Å². The molecule has 1 aromatic carbocycles. The van der Waals surface area contributed by atoms with Crippen LogP contribution in [0.2, 0.25) is 0 Å². The first-order valence-electron chi connectivity index (χ1n) is 6.20. The summed E-state index contributed by atoms with van der Waals surface area (Å²) in [6, 6.07) is 1.75. The van der Waals surface area contributed by atoms with Crippen molar-refractivity contribution in [3.05, 3.63) is 29.6 Å². The van der Waals surface area contributed by atoms with Gasteiger partial charge in [0.15, 0.2) is 17.5 Å². The fourth-order valence-corrected chi connectivity index (χ4v) is 1.54. The van der Waals surface area contributed by atoms with E-state index < -0.39 is 23.4 Å². The predicted octanol–water partition coefficient (Wildman–Crippen LogP) is 1.58.